The smallest absolute Gasteiger partial charge is 0.284 e. The van der Waals surface area contributed by atoms with Crippen LogP contribution in [0.5, 0.6) is 0 Å². The van der Waals surface area contributed by atoms with Crippen LogP contribution in [0.4, 0.5) is 0 Å². The second kappa shape index (κ2) is 1.40. The van der Waals surface area contributed by atoms with Crippen molar-refractivity contribution in [3.63, 3.8) is 0 Å². The van der Waals surface area contributed by atoms with Gasteiger partial charge in [-0.05, 0) is 0 Å². The van der Waals surface area contributed by atoms with E-state index in [1.54, 1.807) is 0 Å². The van der Waals surface area contributed by atoms with Crippen LogP contribution in [0.15, 0.2) is 0 Å². The van der Waals surface area contributed by atoms with Gasteiger partial charge in [0.25, 0.3) is 11.4 Å². The Kier molecular flexibility index (Phi) is 1.42. The van der Waals surface area contributed by atoms with E-state index in [2.05, 4.69) is 0 Å². The summed E-state index contributed by atoms with van der Waals surface area (Å²) >= 11 is -2.61. The maximum Gasteiger partial charge on any atom is 0.299 e. The molecular weight excluding hydrogens is 82.0 g/mol. The molecular formula is H2O3S. The van der Waals surface area contributed by atoms with Crippen LogP contribution in [0.3, 0.4) is 0 Å². The minimum Gasteiger partial charge on any atom is -0.284 e. The Morgan fingerprint density at radius 2 is 1.50 bits per heavy atom. The quantitative estimate of drug-likeness (QED) is 0.312. The van der Waals surface area contributed by atoms with Crippen molar-refractivity contribution in [2.24, 2.45) is 0 Å². The van der Waals surface area contributed by atoms with Gasteiger partial charge in [-0.15, -0.1) is 0 Å². The molecule has 0 heterocycles. The van der Waals surface area contributed by atoms with Crippen molar-refractivity contribution in [2.75, 3.05) is 0 Å². The van der Waals surface area contributed by atoms with Crippen molar-refractivity contribution >= 4 is 11.4 Å². The molecule has 0 radical (unpaired) electrons. The first kappa shape index (κ1) is 4.07. The Morgan fingerprint density at radius 3 is 1.50 bits per heavy atom. The number of hydrogen-bond acceptors (Lipinski definition) is 1. The molecule has 4 heteroatoms. The molecule has 0 aromatic heterocycles. The molecule has 0 aliphatic rings. The average Bonchev–Trinajstić information content (AvgIpc) is 0.811. The van der Waals surface area contributed by atoms with Crippen molar-refractivity contribution in [2.45, 2.75) is 0 Å². The number of rotatable bonds is 0. The van der Waals surface area contributed by atoms with E-state index in [9.17, 15) is 0 Å². The molecule has 0 aliphatic carbocycles. The van der Waals surface area contributed by atoms with Crippen molar-refractivity contribution < 1.29 is 13.3 Å². The third-order valence-corrected chi connectivity index (χ3v) is 0. The highest BCUT2D eigenvalue weighted by molar-refractivity contribution is 7.73. The molecule has 0 aromatic carbocycles. The van der Waals surface area contributed by atoms with E-state index in [1.165, 1.54) is 0 Å². The van der Waals surface area contributed by atoms with E-state index in [1.807, 2.05) is 0 Å². The molecule has 0 saturated heterocycles. The van der Waals surface area contributed by atoms with E-state index in [0.29, 0.717) is 0 Å². The molecule has 0 rings (SSSR count). The van der Waals surface area contributed by atoms with Crippen LogP contribution in [0.2, 0.25) is 0 Å². The molecule has 0 aliphatic heterocycles. The average molecular weight is 84.0 g/mol. The van der Waals surface area contributed by atoms with E-state index < -0.39 is 11.4 Å². The van der Waals surface area contributed by atoms with Crippen LogP contribution in [0.1, 0.15) is 0 Å². The molecule has 2 N–H and O–H groups in total. The zero-order valence-electron chi connectivity index (χ0n) is 1.71. The maximum atomic E-state index is 8.67. The van der Waals surface area contributed by atoms with Gasteiger partial charge in [-0.2, -0.15) is 4.21 Å². The molecule has 4 heavy (non-hydrogen) atoms. The fourth-order valence-electron chi connectivity index (χ4n) is 0. The molecule has 3 nitrogen and oxygen atoms in total. The second-order valence-electron chi connectivity index (χ2n) is 0.231. The molecule has 0 atom stereocenters. The summed E-state index contributed by atoms with van der Waals surface area (Å²) in [5.74, 6) is 0. The molecule has 0 amide bonds. The Morgan fingerprint density at radius 1 is 1.50 bits per heavy atom. The molecule has 0 spiro atoms. The second-order valence-corrected chi connectivity index (χ2v) is 0.692. The predicted molar refractivity (Wildman–Crippen MR) is 13.4 cm³/mol. The molecule has 0 aromatic rings. The Hall–Kier alpha value is 0.0700. The summed E-state index contributed by atoms with van der Waals surface area (Å²) in [5, 5.41) is 0. The van der Waals surface area contributed by atoms with Gasteiger partial charge in [0.15, 0.2) is 0 Å². The number of hydrogen-bond donors (Lipinski definition) is 2. The maximum absolute atomic E-state index is 8.67. The van der Waals surface area contributed by atoms with Gasteiger partial charge < -0.3 is 0 Å². The van der Waals surface area contributed by atoms with Crippen LogP contribution >= 0.6 is 0 Å². The van der Waals surface area contributed by atoms with Gasteiger partial charge in [-0.3, -0.25) is 9.11 Å². The molecule has 0 bridgehead atoms. The van der Waals surface area contributed by atoms with Crippen LogP contribution in [-0.2, 0) is 11.4 Å². The summed E-state index contributed by atoms with van der Waals surface area (Å²) in [7, 11) is 0. The Balaban J connectivity index is 2.80. The topological polar surface area (TPSA) is 57.5 Å². The highest BCUT2D eigenvalue weighted by Crippen LogP contribution is 1.44. The van der Waals surface area contributed by atoms with Crippen LogP contribution < -0.4 is 0 Å². The lowest BCUT2D eigenvalue weighted by Gasteiger charge is -1.59. The summed E-state index contributed by atoms with van der Waals surface area (Å²) < 4.78 is 22.8. The predicted octanol–water partition coefficient (Wildman–Crippen LogP) is -0.319. The largest absolute Gasteiger partial charge is 0.299 e. The zero-order valence-corrected chi connectivity index (χ0v) is 2.53. The van der Waals surface area contributed by atoms with Gasteiger partial charge in [0.05, 0.1) is 0 Å². The molecule has 0 fully saturated rings. The lowest BCUT2D eigenvalue weighted by atomic mass is 15.9. The summed E-state index contributed by atoms with van der Waals surface area (Å²) in [6.45, 7) is 0. The standard InChI is InChI=1S/H2O3S/c1-4(2)3/h(H2,1,2,3)/i4+2. The Bertz CT molecular complexity index is 26.3. The summed E-state index contributed by atoms with van der Waals surface area (Å²) in [4.78, 5) is 0. The molecule has 0 saturated carbocycles. The van der Waals surface area contributed by atoms with Crippen molar-refractivity contribution in [1.29, 1.82) is 0 Å². The normalized spacial score (nSPS) is 8.75. The van der Waals surface area contributed by atoms with Gasteiger partial charge in [-0.25, -0.2) is 0 Å². The van der Waals surface area contributed by atoms with Gasteiger partial charge in [0.2, 0.25) is 0 Å². The summed E-state index contributed by atoms with van der Waals surface area (Å²) in [5.41, 5.74) is 0. The van der Waals surface area contributed by atoms with E-state index in [4.69, 9.17) is 13.3 Å². The third-order valence-electron chi connectivity index (χ3n) is 0. The lowest BCUT2D eigenvalue weighted by molar-refractivity contribution is 0.454. The first-order valence-corrected chi connectivity index (χ1v) is 1.60. The highest BCUT2D eigenvalue weighted by atomic mass is 34.1. The fraction of sp³-hybridized carbons (Fsp3) is 0. The van der Waals surface area contributed by atoms with Gasteiger partial charge in [0.1, 0.15) is 0 Å². The van der Waals surface area contributed by atoms with Gasteiger partial charge in [0, 0.05) is 0 Å². The molecule has 26 valence electrons. The first-order valence-electron chi connectivity index (χ1n) is 0.532. The lowest BCUT2D eigenvalue weighted by Crippen LogP contribution is -1.74. The van der Waals surface area contributed by atoms with Crippen molar-refractivity contribution in [1.82, 2.24) is 0 Å². The van der Waals surface area contributed by atoms with Crippen LogP contribution in [0.25, 0.3) is 0 Å². The van der Waals surface area contributed by atoms with E-state index in [0.717, 1.165) is 0 Å². The summed E-state index contributed by atoms with van der Waals surface area (Å²) in [6.07, 6.45) is 0. The minimum absolute atomic E-state index is 2.61. The fourth-order valence-corrected chi connectivity index (χ4v) is 0. The van der Waals surface area contributed by atoms with Gasteiger partial charge >= 0.3 is 0 Å². The third kappa shape index (κ3) is 484. The highest BCUT2D eigenvalue weighted by Gasteiger charge is 1.62. The van der Waals surface area contributed by atoms with Crippen molar-refractivity contribution in [3.05, 3.63) is 0 Å². The SMILES string of the molecule is O=[34S](O)O. The first-order chi connectivity index (χ1) is 1.73. The molecule has 0 unspecified atom stereocenters. The van der Waals surface area contributed by atoms with E-state index in [-0.39, 0.29) is 0 Å². The summed E-state index contributed by atoms with van der Waals surface area (Å²) in [6, 6.07) is 0. The van der Waals surface area contributed by atoms with Gasteiger partial charge in [-0.1, -0.05) is 0 Å². The van der Waals surface area contributed by atoms with Crippen LogP contribution in [0, 0.1) is 0 Å². The van der Waals surface area contributed by atoms with E-state index >= 15 is 0 Å². The Labute approximate surface area is 25.8 Å². The zero-order chi connectivity index (χ0) is 3.58. The minimum atomic E-state index is -2.61. The van der Waals surface area contributed by atoms with Crippen LogP contribution in [-0.4, -0.2) is 13.3 Å². The van der Waals surface area contributed by atoms with Crippen molar-refractivity contribution in [3.8, 4) is 0 Å². The monoisotopic (exact) mass is 84.0 g/mol.